The van der Waals surface area contributed by atoms with Crippen molar-refractivity contribution in [2.24, 2.45) is 0 Å². The summed E-state index contributed by atoms with van der Waals surface area (Å²) in [6.45, 7) is 0.353. The number of nitrogens with zero attached hydrogens (tertiary/aromatic N) is 4. The summed E-state index contributed by atoms with van der Waals surface area (Å²) in [6, 6.07) is 34.2. The van der Waals surface area contributed by atoms with Crippen LogP contribution in [0.15, 0.2) is 127 Å². The lowest BCUT2D eigenvalue weighted by Crippen LogP contribution is -2.49. The molecule has 1 fully saturated rings. The van der Waals surface area contributed by atoms with E-state index < -0.39 is 27.7 Å². The van der Waals surface area contributed by atoms with E-state index in [0.717, 1.165) is 21.7 Å². The van der Waals surface area contributed by atoms with Gasteiger partial charge in [-0.2, -0.15) is 10.4 Å². The van der Waals surface area contributed by atoms with Crippen molar-refractivity contribution in [2.45, 2.75) is 19.1 Å². The molecule has 9 nitrogen and oxygen atoms in total. The smallest absolute Gasteiger partial charge is 0.272 e. The highest BCUT2D eigenvalue weighted by Crippen LogP contribution is 2.38. The van der Waals surface area contributed by atoms with Crippen LogP contribution in [0.2, 0.25) is 5.02 Å². The molecule has 1 saturated heterocycles. The first-order valence-corrected chi connectivity index (χ1v) is 18.0. The van der Waals surface area contributed by atoms with Gasteiger partial charge in [0, 0.05) is 27.9 Å². The van der Waals surface area contributed by atoms with Gasteiger partial charge in [0.15, 0.2) is 9.84 Å². The standard InChI is InChI=1S/C39H29ClN4O5S/c40-30-15-11-26(12-16-30)24-49-33-17-13-28(14-18-33)37-29(23-43(42-37)31-9-5-2-6-10-31)21-34-36(27-7-3-1-4-8-27)35(22-41)39(46)44(38(34)45)32-19-20-50(47,48)25-32/h1-18,21,23,32H,19-20,24-25H2/b34-21-. The third-order valence-corrected chi connectivity index (χ3v) is 10.7. The molecule has 1 atom stereocenters. The van der Waals surface area contributed by atoms with E-state index in [0.29, 0.717) is 34.2 Å². The Hall–Kier alpha value is -5.76. The normalized spacial score (nSPS) is 18.0. The number of halogens is 1. The number of para-hydroxylation sites is 1. The number of benzene rings is 4. The fourth-order valence-electron chi connectivity index (χ4n) is 6.19. The van der Waals surface area contributed by atoms with E-state index in [1.807, 2.05) is 84.9 Å². The molecule has 2 aliphatic heterocycles. The second-order valence-corrected chi connectivity index (χ2v) is 14.6. The van der Waals surface area contributed by atoms with Crippen molar-refractivity contribution < 1.29 is 22.7 Å². The molecule has 0 radical (unpaired) electrons. The van der Waals surface area contributed by atoms with Crippen LogP contribution >= 0.6 is 11.6 Å². The van der Waals surface area contributed by atoms with Gasteiger partial charge in [0.1, 0.15) is 24.0 Å². The van der Waals surface area contributed by atoms with Crippen LogP contribution in [0.5, 0.6) is 5.75 Å². The number of nitriles is 1. The van der Waals surface area contributed by atoms with E-state index in [-0.39, 0.29) is 34.6 Å². The fraction of sp³-hybridized carbons (Fsp3) is 0.128. The van der Waals surface area contributed by atoms with Crippen molar-refractivity contribution in [3.63, 3.8) is 0 Å². The van der Waals surface area contributed by atoms with E-state index in [9.17, 15) is 23.3 Å². The number of sulfone groups is 1. The van der Waals surface area contributed by atoms with Crippen LogP contribution in [-0.4, -0.2) is 52.5 Å². The number of imide groups is 1. The predicted molar refractivity (Wildman–Crippen MR) is 191 cm³/mol. The van der Waals surface area contributed by atoms with E-state index in [4.69, 9.17) is 21.4 Å². The van der Waals surface area contributed by atoms with Crippen molar-refractivity contribution in [1.29, 1.82) is 5.26 Å². The van der Waals surface area contributed by atoms with Gasteiger partial charge < -0.3 is 4.74 Å². The number of carbonyl (C=O) groups is 2. The zero-order valence-electron chi connectivity index (χ0n) is 26.6. The SMILES string of the molecule is N#CC1=C(c2ccccc2)/C(=C/c2cn(-c3ccccc3)nc2-c2ccc(OCc3ccc(Cl)cc3)cc2)C(=O)N(C2CCS(=O)(=O)C2)C1=O. The second-order valence-electron chi connectivity index (χ2n) is 12.0. The van der Waals surface area contributed by atoms with Crippen LogP contribution in [0.1, 0.15) is 23.1 Å². The Bertz CT molecular complexity index is 2310. The summed E-state index contributed by atoms with van der Waals surface area (Å²) in [7, 11) is -3.45. The van der Waals surface area contributed by atoms with Gasteiger partial charge in [0.2, 0.25) is 0 Å². The van der Waals surface area contributed by atoms with Crippen LogP contribution in [0.4, 0.5) is 0 Å². The first-order chi connectivity index (χ1) is 24.2. The van der Waals surface area contributed by atoms with Gasteiger partial charge in [-0.25, -0.2) is 13.1 Å². The molecule has 0 bridgehead atoms. The Kier molecular flexibility index (Phi) is 8.93. The maximum atomic E-state index is 14.4. The first kappa shape index (κ1) is 32.8. The Balaban J connectivity index is 1.34. The average Bonchev–Trinajstić information content (AvgIpc) is 3.72. The molecule has 3 heterocycles. The molecule has 1 aromatic heterocycles. The molecule has 11 heteroatoms. The lowest BCUT2D eigenvalue weighted by molar-refractivity contribution is -0.142. The fourth-order valence-corrected chi connectivity index (χ4v) is 8.01. The minimum atomic E-state index is -3.45. The zero-order chi connectivity index (χ0) is 34.8. The van der Waals surface area contributed by atoms with E-state index >= 15 is 0 Å². The van der Waals surface area contributed by atoms with Gasteiger partial charge in [-0.15, -0.1) is 0 Å². The zero-order valence-corrected chi connectivity index (χ0v) is 28.1. The molecule has 1 unspecified atom stereocenters. The minimum absolute atomic E-state index is 0.0911. The van der Waals surface area contributed by atoms with Crippen molar-refractivity contribution in [2.75, 3.05) is 11.5 Å². The summed E-state index contributed by atoms with van der Waals surface area (Å²) in [6.07, 6.45) is 3.53. The lowest BCUT2D eigenvalue weighted by atomic mass is 9.86. The number of aromatic nitrogens is 2. The number of carbonyl (C=O) groups excluding carboxylic acids is 2. The molecular weight excluding hydrogens is 672 g/mol. The Morgan fingerprint density at radius 3 is 2.20 bits per heavy atom. The molecule has 0 spiro atoms. The monoisotopic (exact) mass is 700 g/mol. The Morgan fingerprint density at radius 2 is 1.56 bits per heavy atom. The highest BCUT2D eigenvalue weighted by atomic mass is 35.5. The van der Waals surface area contributed by atoms with Gasteiger partial charge in [-0.1, -0.05) is 72.3 Å². The molecule has 4 aromatic carbocycles. The van der Waals surface area contributed by atoms with E-state index in [2.05, 4.69) is 0 Å². The largest absolute Gasteiger partial charge is 0.489 e. The van der Waals surface area contributed by atoms with E-state index in [1.165, 1.54) is 0 Å². The maximum absolute atomic E-state index is 14.4. The molecule has 248 valence electrons. The van der Waals surface area contributed by atoms with Gasteiger partial charge in [-0.05, 0) is 72.2 Å². The van der Waals surface area contributed by atoms with Crippen LogP contribution in [0.3, 0.4) is 0 Å². The molecule has 0 aliphatic carbocycles. The first-order valence-electron chi connectivity index (χ1n) is 15.8. The highest BCUT2D eigenvalue weighted by Gasteiger charge is 2.45. The summed E-state index contributed by atoms with van der Waals surface area (Å²) in [5.74, 6) is -1.31. The highest BCUT2D eigenvalue weighted by molar-refractivity contribution is 7.91. The molecular formula is C39H29ClN4O5S. The second kappa shape index (κ2) is 13.6. The van der Waals surface area contributed by atoms with Crippen molar-refractivity contribution in [3.05, 3.63) is 148 Å². The summed E-state index contributed by atoms with van der Waals surface area (Å²) < 4.78 is 32.5. The minimum Gasteiger partial charge on any atom is -0.489 e. The van der Waals surface area contributed by atoms with E-state index in [1.54, 1.807) is 47.3 Å². The molecule has 2 amide bonds. The molecule has 0 saturated carbocycles. The predicted octanol–water partition coefficient (Wildman–Crippen LogP) is 6.69. The average molecular weight is 701 g/mol. The summed E-state index contributed by atoms with van der Waals surface area (Å²) in [4.78, 5) is 29.1. The Labute approximate surface area is 294 Å². The van der Waals surface area contributed by atoms with Crippen molar-refractivity contribution in [3.8, 4) is 28.8 Å². The molecule has 2 aliphatic rings. The number of hydrogen-bond acceptors (Lipinski definition) is 7. The van der Waals surface area contributed by atoms with Gasteiger partial charge >= 0.3 is 0 Å². The third-order valence-electron chi connectivity index (χ3n) is 8.66. The summed E-state index contributed by atoms with van der Waals surface area (Å²) in [5.41, 5.74) is 4.11. The molecule has 0 N–H and O–H groups in total. The van der Waals surface area contributed by atoms with Crippen LogP contribution in [0.25, 0.3) is 28.6 Å². The van der Waals surface area contributed by atoms with Gasteiger partial charge in [0.05, 0.1) is 34.5 Å². The maximum Gasteiger partial charge on any atom is 0.272 e. The van der Waals surface area contributed by atoms with Crippen LogP contribution in [-0.2, 0) is 26.0 Å². The van der Waals surface area contributed by atoms with Crippen LogP contribution < -0.4 is 4.74 Å². The number of rotatable bonds is 8. The van der Waals surface area contributed by atoms with Crippen LogP contribution in [0, 0.1) is 11.3 Å². The number of hydrogen-bond donors (Lipinski definition) is 0. The molecule has 7 rings (SSSR count). The van der Waals surface area contributed by atoms with Gasteiger partial charge in [0.25, 0.3) is 11.8 Å². The topological polar surface area (TPSA) is 122 Å². The quantitative estimate of drug-likeness (QED) is 0.131. The lowest BCUT2D eigenvalue weighted by Gasteiger charge is -2.32. The van der Waals surface area contributed by atoms with Gasteiger partial charge in [-0.3, -0.25) is 14.5 Å². The third kappa shape index (κ3) is 6.61. The number of amides is 2. The van der Waals surface area contributed by atoms with Crippen molar-refractivity contribution in [1.82, 2.24) is 14.7 Å². The summed E-state index contributed by atoms with van der Waals surface area (Å²) in [5, 5.41) is 15.9. The number of ether oxygens (including phenoxy) is 1. The molecule has 50 heavy (non-hydrogen) atoms. The molecule has 5 aromatic rings. The Morgan fingerprint density at radius 1 is 0.880 bits per heavy atom. The van der Waals surface area contributed by atoms with Crippen molar-refractivity contribution >= 4 is 44.9 Å². The summed E-state index contributed by atoms with van der Waals surface area (Å²) >= 11 is 6.01.